The third kappa shape index (κ3) is 2.19. The van der Waals surface area contributed by atoms with E-state index in [4.69, 9.17) is 4.74 Å². The molecule has 1 rings (SSSR count). The second-order valence-corrected chi connectivity index (χ2v) is 5.27. The van der Waals surface area contributed by atoms with E-state index < -0.39 is 0 Å². The van der Waals surface area contributed by atoms with Gasteiger partial charge < -0.3 is 4.74 Å². The first kappa shape index (κ1) is 9.05. The van der Waals surface area contributed by atoms with Crippen molar-refractivity contribution in [3.05, 3.63) is 0 Å². The van der Waals surface area contributed by atoms with E-state index in [0.29, 0.717) is 11.5 Å². The molecular formula is C10H20O. The number of rotatable bonds is 0. The largest absolute Gasteiger partial charge is 0.372 e. The summed E-state index contributed by atoms with van der Waals surface area (Å²) in [5, 5.41) is 0. The molecule has 1 aliphatic heterocycles. The minimum Gasteiger partial charge on any atom is -0.372 e. The highest BCUT2D eigenvalue weighted by Gasteiger charge is 2.37. The van der Waals surface area contributed by atoms with Gasteiger partial charge in [0.25, 0.3) is 0 Å². The van der Waals surface area contributed by atoms with Crippen molar-refractivity contribution in [3.63, 3.8) is 0 Å². The molecule has 0 aromatic rings. The van der Waals surface area contributed by atoms with Gasteiger partial charge in [-0.05, 0) is 32.1 Å². The van der Waals surface area contributed by atoms with Crippen LogP contribution < -0.4 is 0 Å². The Labute approximate surface area is 70.1 Å². The fourth-order valence-electron chi connectivity index (χ4n) is 1.59. The van der Waals surface area contributed by atoms with Crippen molar-refractivity contribution >= 4 is 0 Å². The van der Waals surface area contributed by atoms with Gasteiger partial charge in [0.2, 0.25) is 0 Å². The summed E-state index contributed by atoms with van der Waals surface area (Å²) in [5.74, 6) is 0. The monoisotopic (exact) mass is 156 g/mol. The molecule has 66 valence electrons. The Hall–Kier alpha value is -0.0400. The molecule has 0 aromatic carbocycles. The lowest BCUT2D eigenvalue weighted by atomic mass is 9.87. The summed E-state index contributed by atoms with van der Waals surface area (Å²) in [5.41, 5.74) is 0.436. The normalized spacial score (nSPS) is 30.8. The van der Waals surface area contributed by atoms with Crippen LogP contribution in [0.25, 0.3) is 0 Å². The predicted octanol–water partition coefficient (Wildman–Crippen LogP) is 2.99. The summed E-state index contributed by atoms with van der Waals surface area (Å²) in [7, 11) is 0. The Bertz CT molecular complexity index is 141. The molecule has 1 atom stereocenters. The van der Waals surface area contributed by atoms with Crippen LogP contribution in [0.5, 0.6) is 0 Å². The number of hydrogen-bond donors (Lipinski definition) is 0. The highest BCUT2D eigenvalue weighted by Crippen LogP contribution is 2.38. The molecule has 0 amide bonds. The fourth-order valence-corrected chi connectivity index (χ4v) is 1.59. The first-order valence-electron chi connectivity index (χ1n) is 4.49. The molecule has 1 fully saturated rings. The van der Waals surface area contributed by atoms with Crippen LogP contribution in [0, 0.1) is 5.41 Å². The Kier molecular flexibility index (Phi) is 2.04. The number of ether oxygens (including phenoxy) is 1. The Morgan fingerprint density at radius 2 is 1.82 bits per heavy atom. The van der Waals surface area contributed by atoms with Gasteiger partial charge in [0.15, 0.2) is 0 Å². The Morgan fingerprint density at radius 1 is 1.27 bits per heavy atom. The van der Waals surface area contributed by atoms with Crippen molar-refractivity contribution in [2.75, 3.05) is 0 Å². The van der Waals surface area contributed by atoms with E-state index in [-0.39, 0.29) is 5.60 Å². The lowest BCUT2D eigenvalue weighted by molar-refractivity contribution is -0.0604. The molecule has 1 heteroatoms. The standard InChI is InChI=1S/C10H20O/c1-9(2,3)8-6-7-10(4,5)11-8/h8H,6-7H2,1-5H3/t8-/m1/s1. The van der Waals surface area contributed by atoms with Crippen molar-refractivity contribution < 1.29 is 4.74 Å². The summed E-state index contributed by atoms with van der Waals surface area (Å²) in [6, 6.07) is 0. The SMILES string of the molecule is CC1(C)CC[C@H](C(C)(C)C)O1. The first-order chi connectivity index (χ1) is 4.81. The second kappa shape index (κ2) is 2.48. The summed E-state index contributed by atoms with van der Waals surface area (Å²) in [6.45, 7) is 11.1. The maximum atomic E-state index is 5.91. The van der Waals surface area contributed by atoms with E-state index >= 15 is 0 Å². The first-order valence-corrected chi connectivity index (χ1v) is 4.49. The fraction of sp³-hybridized carbons (Fsp3) is 1.00. The van der Waals surface area contributed by atoms with Crippen LogP contribution in [0.1, 0.15) is 47.5 Å². The van der Waals surface area contributed by atoms with Crippen LogP contribution in [-0.4, -0.2) is 11.7 Å². The van der Waals surface area contributed by atoms with Gasteiger partial charge in [-0.25, -0.2) is 0 Å². The summed E-state index contributed by atoms with van der Waals surface area (Å²) < 4.78 is 5.91. The van der Waals surface area contributed by atoms with Crippen LogP contribution in [0.15, 0.2) is 0 Å². The molecular weight excluding hydrogens is 136 g/mol. The van der Waals surface area contributed by atoms with Crippen molar-refractivity contribution in [2.45, 2.75) is 59.2 Å². The van der Waals surface area contributed by atoms with Crippen LogP contribution in [0.2, 0.25) is 0 Å². The van der Waals surface area contributed by atoms with Gasteiger partial charge in [-0.15, -0.1) is 0 Å². The van der Waals surface area contributed by atoms with Gasteiger partial charge in [-0.1, -0.05) is 20.8 Å². The van der Waals surface area contributed by atoms with Gasteiger partial charge in [0, 0.05) is 0 Å². The van der Waals surface area contributed by atoms with Gasteiger partial charge >= 0.3 is 0 Å². The molecule has 11 heavy (non-hydrogen) atoms. The molecule has 0 N–H and O–H groups in total. The molecule has 0 spiro atoms. The van der Waals surface area contributed by atoms with Gasteiger partial charge in [-0.2, -0.15) is 0 Å². The zero-order valence-electron chi connectivity index (χ0n) is 8.40. The molecule has 0 aromatic heterocycles. The van der Waals surface area contributed by atoms with Crippen LogP contribution in [0.4, 0.5) is 0 Å². The van der Waals surface area contributed by atoms with Gasteiger partial charge in [-0.3, -0.25) is 0 Å². The van der Waals surface area contributed by atoms with E-state index in [1.807, 2.05) is 0 Å². The zero-order valence-corrected chi connectivity index (χ0v) is 8.40. The minimum atomic E-state index is 0.123. The van der Waals surface area contributed by atoms with Crippen molar-refractivity contribution in [2.24, 2.45) is 5.41 Å². The molecule has 1 saturated heterocycles. The van der Waals surface area contributed by atoms with Crippen molar-refractivity contribution in [3.8, 4) is 0 Å². The van der Waals surface area contributed by atoms with Crippen LogP contribution in [0.3, 0.4) is 0 Å². The minimum absolute atomic E-state index is 0.123. The van der Waals surface area contributed by atoms with Crippen molar-refractivity contribution in [1.29, 1.82) is 0 Å². The lowest BCUT2D eigenvalue weighted by Gasteiger charge is -2.29. The highest BCUT2D eigenvalue weighted by atomic mass is 16.5. The molecule has 1 aliphatic rings. The topological polar surface area (TPSA) is 9.23 Å². The smallest absolute Gasteiger partial charge is 0.0631 e. The third-order valence-electron chi connectivity index (χ3n) is 2.44. The number of hydrogen-bond acceptors (Lipinski definition) is 1. The quantitative estimate of drug-likeness (QED) is 0.524. The molecule has 0 bridgehead atoms. The van der Waals surface area contributed by atoms with Gasteiger partial charge in [0.1, 0.15) is 0 Å². The third-order valence-corrected chi connectivity index (χ3v) is 2.44. The highest BCUT2D eigenvalue weighted by molar-refractivity contribution is 4.86. The van der Waals surface area contributed by atoms with E-state index in [1.165, 1.54) is 12.8 Å². The van der Waals surface area contributed by atoms with E-state index in [0.717, 1.165) is 0 Å². The van der Waals surface area contributed by atoms with Gasteiger partial charge in [0.05, 0.1) is 11.7 Å². The summed E-state index contributed by atoms with van der Waals surface area (Å²) in [6.07, 6.45) is 2.88. The molecule has 0 aliphatic carbocycles. The zero-order chi connectivity index (χ0) is 8.70. The summed E-state index contributed by atoms with van der Waals surface area (Å²) in [4.78, 5) is 0. The summed E-state index contributed by atoms with van der Waals surface area (Å²) >= 11 is 0. The Morgan fingerprint density at radius 3 is 2.00 bits per heavy atom. The second-order valence-electron chi connectivity index (χ2n) is 5.27. The Balaban J connectivity index is 2.55. The molecule has 0 unspecified atom stereocenters. The van der Waals surface area contributed by atoms with Crippen molar-refractivity contribution in [1.82, 2.24) is 0 Å². The molecule has 1 nitrogen and oxygen atoms in total. The maximum absolute atomic E-state index is 5.91. The van der Waals surface area contributed by atoms with E-state index in [1.54, 1.807) is 0 Å². The average Bonchev–Trinajstić information content (AvgIpc) is 2.07. The van der Waals surface area contributed by atoms with E-state index in [2.05, 4.69) is 34.6 Å². The molecule has 1 heterocycles. The predicted molar refractivity (Wildman–Crippen MR) is 47.6 cm³/mol. The maximum Gasteiger partial charge on any atom is 0.0631 e. The molecule has 0 saturated carbocycles. The van der Waals surface area contributed by atoms with E-state index in [9.17, 15) is 0 Å². The molecule has 0 radical (unpaired) electrons. The van der Waals surface area contributed by atoms with Crippen LogP contribution in [-0.2, 0) is 4.74 Å². The lowest BCUT2D eigenvalue weighted by Crippen LogP contribution is -2.29. The average molecular weight is 156 g/mol. The van der Waals surface area contributed by atoms with Crippen LogP contribution >= 0.6 is 0 Å².